The Hall–Kier alpha value is -7.83. The van der Waals surface area contributed by atoms with Crippen LogP contribution in [0.3, 0.4) is 0 Å². The smallest absolute Gasteiger partial charge is 0.165 e. The minimum atomic E-state index is -0.126. The van der Waals surface area contributed by atoms with Gasteiger partial charge in [-0.1, -0.05) is 129 Å². The average Bonchev–Trinajstić information content (AvgIpc) is 4.01. The molecule has 14 rings (SSSR count). The monoisotopic (exact) mass is 878 g/mol. The summed E-state index contributed by atoms with van der Waals surface area (Å²) in [4.78, 5) is 17.0. The van der Waals surface area contributed by atoms with Crippen LogP contribution in [0.5, 0.6) is 0 Å². The molecule has 8 aromatic carbocycles. The van der Waals surface area contributed by atoms with Crippen LogP contribution in [0, 0.1) is 17.8 Å². The first-order chi connectivity index (χ1) is 33.5. The summed E-state index contributed by atoms with van der Waals surface area (Å²) in [6.45, 7) is 4.89. The van der Waals surface area contributed by atoms with E-state index in [1.165, 1.54) is 56.2 Å². The number of benzene rings is 8. The van der Waals surface area contributed by atoms with Gasteiger partial charge in [-0.25, -0.2) is 15.0 Å². The molecule has 4 heterocycles. The molecular formula is C62H50N6. The van der Waals surface area contributed by atoms with E-state index in [0.29, 0.717) is 23.6 Å². The quantitative estimate of drug-likeness (QED) is 0.167. The van der Waals surface area contributed by atoms with E-state index in [-0.39, 0.29) is 5.41 Å². The highest BCUT2D eigenvalue weighted by Crippen LogP contribution is 2.54. The number of nitrogens with zero attached hydrogens (tertiary/aromatic N) is 6. The molecule has 0 amide bonds. The van der Waals surface area contributed by atoms with Gasteiger partial charge in [-0.05, 0) is 123 Å². The van der Waals surface area contributed by atoms with E-state index in [1.54, 1.807) is 0 Å². The summed E-state index contributed by atoms with van der Waals surface area (Å²) in [7, 11) is 0. The number of aromatic nitrogens is 6. The predicted molar refractivity (Wildman–Crippen MR) is 280 cm³/mol. The van der Waals surface area contributed by atoms with Crippen LogP contribution < -0.4 is 0 Å². The van der Waals surface area contributed by atoms with Gasteiger partial charge < -0.3 is 13.7 Å². The van der Waals surface area contributed by atoms with E-state index in [0.717, 1.165) is 81.2 Å². The third kappa shape index (κ3) is 5.92. The molecule has 0 aliphatic heterocycles. The van der Waals surface area contributed by atoms with Crippen molar-refractivity contribution in [3.05, 3.63) is 194 Å². The summed E-state index contributed by atoms with van der Waals surface area (Å²) in [6, 6.07) is 68.3. The molecule has 0 saturated heterocycles. The summed E-state index contributed by atoms with van der Waals surface area (Å²) < 4.78 is 7.25. The Morgan fingerprint density at radius 3 is 1.24 bits per heavy atom. The number of hydrogen-bond acceptors (Lipinski definition) is 3. The topological polar surface area (TPSA) is 53.5 Å². The van der Waals surface area contributed by atoms with Crippen molar-refractivity contribution in [3.8, 4) is 39.8 Å². The molecule has 2 bridgehead atoms. The Balaban J connectivity index is 1.00. The summed E-state index contributed by atoms with van der Waals surface area (Å²) in [5.74, 6) is 4.27. The van der Waals surface area contributed by atoms with Gasteiger partial charge in [0.25, 0.3) is 0 Å². The molecule has 6 nitrogen and oxygen atoms in total. The summed E-state index contributed by atoms with van der Waals surface area (Å²) in [5.41, 5.74) is 12.1. The van der Waals surface area contributed by atoms with Gasteiger partial charge in [0, 0.05) is 54.5 Å². The highest BCUT2D eigenvalue weighted by atomic mass is 15.1. The molecule has 68 heavy (non-hydrogen) atoms. The van der Waals surface area contributed by atoms with Gasteiger partial charge >= 0.3 is 0 Å². The van der Waals surface area contributed by atoms with Gasteiger partial charge in [0.1, 0.15) is 5.82 Å². The number of hydrogen-bond donors (Lipinski definition) is 0. The zero-order valence-electron chi connectivity index (χ0n) is 38.3. The fraction of sp³-hybridized carbons (Fsp3) is 0.177. The minimum absolute atomic E-state index is 0.126. The van der Waals surface area contributed by atoms with Crippen LogP contribution in [0.25, 0.3) is 105 Å². The molecule has 4 aromatic heterocycles. The molecule has 0 radical (unpaired) electrons. The number of para-hydroxylation sites is 7. The maximum Gasteiger partial charge on any atom is 0.165 e. The van der Waals surface area contributed by atoms with E-state index < -0.39 is 0 Å². The molecule has 12 aromatic rings. The second-order valence-electron chi connectivity index (χ2n) is 20.1. The Morgan fingerprint density at radius 2 is 0.765 bits per heavy atom. The fourth-order valence-corrected chi connectivity index (χ4v) is 13.3. The van der Waals surface area contributed by atoms with Crippen molar-refractivity contribution in [2.24, 2.45) is 17.8 Å². The van der Waals surface area contributed by atoms with Gasteiger partial charge in [-0.3, -0.25) is 0 Å². The molecule has 2 aliphatic rings. The molecule has 0 spiro atoms. The molecule has 2 unspecified atom stereocenters. The fourth-order valence-electron chi connectivity index (χ4n) is 13.3. The molecule has 2 saturated carbocycles. The van der Waals surface area contributed by atoms with Crippen molar-refractivity contribution in [1.29, 1.82) is 0 Å². The van der Waals surface area contributed by atoms with E-state index in [4.69, 9.17) is 15.0 Å². The highest BCUT2D eigenvalue weighted by molar-refractivity contribution is 6.13. The molecule has 0 N–H and O–H groups in total. The van der Waals surface area contributed by atoms with E-state index >= 15 is 0 Å². The van der Waals surface area contributed by atoms with Crippen LogP contribution in [0.15, 0.2) is 188 Å². The third-order valence-corrected chi connectivity index (χ3v) is 15.6. The second-order valence-corrected chi connectivity index (χ2v) is 20.1. The largest absolute Gasteiger partial charge is 0.309 e. The van der Waals surface area contributed by atoms with E-state index in [2.05, 4.69) is 216 Å². The van der Waals surface area contributed by atoms with Gasteiger partial charge in [-0.15, -0.1) is 0 Å². The SMILES string of the molecule is C[C@@H]1CC2C[C@H](C)CC(c3nc(-c4ccccc4-n4c5ccccc5c5ccccc54)nc(-c4ccccc4-n4c5ccccc5c5cc(-n6c7ccccc7c7ccccc76)ccc54)n3)(C2)C1. The van der Waals surface area contributed by atoms with Crippen molar-refractivity contribution < 1.29 is 0 Å². The first-order valence-corrected chi connectivity index (χ1v) is 24.5. The lowest BCUT2D eigenvalue weighted by Gasteiger charge is -2.49. The number of rotatable bonds is 6. The van der Waals surface area contributed by atoms with Crippen molar-refractivity contribution in [2.45, 2.75) is 51.4 Å². The average molecular weight is 879 g/mol. The van der Waals surface area contributed by atoms with Crippen LogP contribution in [0.2, 0.25) is 0 Å². The van der Waals surface area contributed by atoms with Crippen molar-refractivity contribution in [2.75, 3.05) is 0 Å². The standard InChI is InChI=1S/C62H50N6/c1-39-33-41-34-40(2)37-62(36-39,38-41)61-64-59(48-22-8-15-29-56(48)67-53-26-12-5-19-45(53)46-20-6-13-27-54(46)67)63-60(65-61)49-23-9-16-30-57(49)68-55-28-14-7-21-47(55)50-35-42(31-32-58(50)68)66-51-24-10-3-17-43(51)44-18-4-11-25-52(44)66/h3-32,35,39-41H,33-34,36-38H2,1-2H3/t39-,40+,41?,62?. The van der Waals surface area contributed by atoms with Gasteiger partial charge in [-0.2, -0.15) is 0 Å². The normalized spacial score (nSPS) is 19.5. The lowest BCUT2D eigenvalue weighted by molar-refractivity contribution is 0.0720. The Morgan fingerprint density at radius 1 is 0.382 bits per heavy atom. The summed E-state index contributed by atoms with van der Waals surface area (Å²) in [6.07, 6.45) is 5.87. The molecule has 4 atom stereocenters. The molecule has 2 aliphatic carbocycles. The van der Waals surface area contributed by atoms with Crippen LogP contribution in [0.1, 0.15) is 51.8 Å². The van der Waals surface area contributed by atoms with Crippen LogP contribution in [0.4, 0.5) is 0 Å². The number of fused-ring (bicyclic) bond motifs is 11. The Labute approximate surface area is 395 Å². The zero-order valence-corrected chi connectivity index (χ0v) is 38.3. The maximum absolute atomic E-state index is 5.72. The molecule has 328 valence electrons. The molecule has 6 heteroatoms. The third-order valence-electron chi connectivity index (χ3n) is 15.6. The molecule has 2 fully saturated rings. The van der Waals surface area contributed by atoms with Crippen molar-refractivity contribution in [3.63, 3.8) is 0 Å². The minimum Gasteiger partial charge on any atom is -0.309 e. The van der Waals surface area contributed by atoms with Crippen molar-refractivity contribution >= 4 is 65.4 Å². The highest BCUT2D eigenvalue weighted by Gasteiger charge is 2.47. The van der Waals surface area contributed by atoms with Crippen LogP contribution in [-0.2, 0) is 5.41 Å². The van der Waals surface area contributed by atoms with E-state index in [1.807, 2.05) is 0 Å². The maximum atomic E-state index is 5.72. The molecular weight excluding hydrogens is 829 g/mol. The van der Waals surface area contributed by atoms with Crippen LogP contribution in [-0.4, -0.2) is 28.7 Å². The first-order valence-electron chi connectivity index (χ1n) is 24.5. The summed E-state index contributed by atoms with van der Waals surface area (Å²) in [5, 5.41) is 7.38. The zero-order chi connectivity index (χ0) is 45.1. The van der Waals surface area contributed by atoms with Gasteiger partial charge in [0.15, 0.2) is 11.6 Å². The Bertz CT molecular complexity index is 3850. The first kappa shape index (κ1) is 39.3. The van der Waals surface area contributed by atoms with E-state index in [9.17, 15) is 0 Å². The lowest BCUT2D eigenvalue weighted by Crippen LogP contribution is -2.43. The predicted octanol–water partition coefficient (Wildman–Crippen LogP) is 15.6. The van der Waals surface area contributed by atoms with Crippen LogP contribution >= 0.6 is 0 Å². The second kappa shape index (κ2) is 15.1. The van der Waals surface area contributed by atoms with Gasteiger partial charge in [0.05, 0.1) is 44.5 Å². The summed E-state index contributed by atoms with van der Waals surface area (Å²) >= 11 is 0. The Kier molecular flexibility index (Phi) is 8.73. The lowest BCUT2D eigenvalue weighted by atomic mass is 9.56. The van der Waals surface area contributed by atoms with Gasteiger partial charge in [0.2, 0.25) is 0 Å². The van der Waals surface area contributed by atoms with Crippen molar-refractivity contribution in [1.82, 2.24) is 28.7 Å².